The predicted molar refractivity (Wildman–Crippen MR) is 69.9 cm³/mol. The number of benzene rings is 1. The van der Waals surface area contributed by atoms with Crippen LogP contribution >= 0.6 is 0 Å². The first-order chi connectivity index (χ1) is 8.61. The summed E-state index contributed by atoms with van der Waals surface area (Å²) in [5.41, 5.74) is 0.202. The van der Waals surface area contributed by atoms with E-state index in [1.54, 1.807) is 0 Å². The number of hydrogen-bond acceptors (Lipinski definition) is 2. The van der Waals surface area contributed by atoms with Crippen LogP contribution in [0.5, 0.6) is 5.75 Å². The molecule has 0 radical (unpaired) electrons. The average molecular weight is 248 g/mol. The standard InChI is InChI=1S/C15H20O3/c1-3-18-13-8-6-12(7-9-13)15(14(16)17)10-4-5-11(15)2/h6-9,11H,3-5,10H2,1-2H3,(H,16,17). The van der Waals surface area contributed by atoms with Gasteiger partial charge in [0.1, 0.15) is 5.75 Å². The average Bonchev–Trinajstić information content (AvgIpc) is 2.73. The highest BCUT2D eigenvalue weighted by Gasteiger charge is 2.48. The molecular weight excluding hydrogens is 228 g/mol. The van der Waals surface area contributed by atoms with Crippen LogP contribution in [0.25, 0.3) is 0 Å². The van der Waals surface area contributed by atoms with Gasteiger partial charge in [-0.2, -0.15) is 0 Å². The second-order valence-electron chi connectivity index (χ2n) is 5.03. The maximum atomic E-state index is 11.7. The van der Waals surface area contributed by atoms with Crippen LogP contribution in [0.4, 0.5) is 0 Å². The molecule has 0 bridgehead atoms. The van der Waals surface area contributed by atoms with Gasteiger partial charge in [0.2, 0.25) is 0 Å². The number of aliphatic carboxylic acids is 1. The molecule has 0 amide bonds. The predicted octanol–water partition coefficient (Wildman–Crippen LogP) is 3.23. The minimum atomic E-state index is -0.704. The van der Waals surface area contributed by atoms with E-state index < -0.39 is 11.4 Å². The van der Waals surface area contributed by atoms with Crippen molar-refractivity contribution < 1.29 is 14.6 Å². The zero-order valence-corrected chi connectivity index (χ0v) is 11.0. The molecule has 1 aromatic carbocycles. The molecule has 0 aromatic heterocycles. The van der Waals surface area contributed by atoms with E-state index in [0.29, 0.717) is 6.61 Å². The molecule has 3 nitrogen and oxygen atoms in total. The van der Waals surface area contributed by atoms with Gasteiger partial charge >= 0.3 is 5.97 Å². The molecule has 1 saturated carbocycles. The van der Waals surface area contributed by atoms with Gasteiger partial charge in [0.15, 0.2) is 0 Å². The fourth-order valence-electron chi connectivity index (χ4n) is 3.07. The molecule has 1 aliphatic carbocycles. The molecule has 1 aliphatic rings. The molecule has 2 unspecified atom stereocenters. The Morgan fingerprint density at radius 3 is 2.56 bits per heavy atom. The summed E-state index contributed by atoms with van der Waals surface area (Å²) in [7, 11) is 0. The van der Waals surface area contributed by atoms with Crippen molar-refractivity contribution >= 4 is 5.97 Å². The summed E-state index contributed by atoms with van der Waals surface area (Å²) in [4.78, 5) is 11.7. The van der Waals surface area contributed by atoms with Crippen LogP contribution in [-0.2, 0) is 10.2 Å². The van der Waals surface area contributed by atoms with Gasteiger partial charge in [-0.1, -0.05) is 25.5 Å². The summed E-state index contributed by atoms with van der Waals surface area (Å²) >= 11 is 0. The van der Waals surface area contributed by atoms with E-state index in [2.05, 4.69) is 0 Å². The van der Waals surface area contributed by atoms with Crippen LogP contribution in [0.15, 0.2) is 24.3 Å². The van der Waals surface area contributed by atoms with Crippen molar-refractivity contribution in [2.45, 2.75) is 38.5 Å². The molecule has 18 heavy (non-hydrogen) atoms. The van der Waals surface area contributed by atoms with E-state index in [0.717, 1.165) is 30.6 Å². The number of carboxylic acids is 1. The van der Waals surface area contributed by atoms with E-state index >= 15 is 0 Å². The number of hydrogen-bond donors (Lipinski definition) is 1. The highest BCUT2D eigenvalue weighted by molar-refractivity contribution is 5.82. The second kappa shape index (κ2) is 5.01. The van der Waals surface area contributed by atoms with E-state index in [-0.39, 0.29) is 5.92 Å². The van der Waals surface area contributed by atoms with Crippen LogP contribution < -0.4 is 4.74 Å². The van der Waals surface area contributed by atoms with Gasteiger partial charge in [0.25, 0.3) is 0 Å². The maximum Gasteiger partial charge on any atom is 0.314 e. The molecule has 1 aromatic rings. The largest absolute Gasteiger partial charge is 0.494 e. The summed E-state index contributed by atoms with van der Waals surface area (Å²) < 4.78 is 5.40. The molecule has 2 atom stereocenters. The van der Waals surface area contributed by atoms with E-state index in [9.17, 15) is 9.90 Å². The van der Waals surface area contributed by atoms with Crippen molar-refractivity contribution in [3.8, 4) is 5.75 Å². The van der Waals surface area contributed by atoms with Crippen molar-refractivity contribution in [1.82, 2.24) is 0 Å². The van der Waals surface area contributed by atoms with E-state index in [1.165, 1.54) is 0 Å². The minimum Gasteiger partial charge on any atom is -0.494 e. The van der Waals surface area contributed by atoms with Gasteiger partial charge in [0.05, 0.1) is 12.0 Å². The lowest BCUT2D eigenvalue weighted by Gasteiger charge is -2.29. The van der Waals surface area contributed by atoms with Gasteiger partial charge < -0.3 is 9.84 Å². The molecule has 3 heteroatoms. The van der Waals surface area contributed by atoms with Gasteiger partial charge in [-0.15, -0.1) is 0 Å². The van der Waals surface area contributed by atoms with Crippen molar-refractivity contribution in [1.29, 1.82) is 0 Å². The third kappa shape index (κ3) is 1.98. The fraction of sp³-hybridized carbons (Fsp3) is 0.533. The Labute approximate surface area is 108 Å². The Kier molecular flexibility index (Phi) is 3.60. The zero-order chi connectivity index (χ0) is 13.2. The first-order valence-electron chi connectivity index (χ1n) is 6.58. The summed E-state index contributed by atoms with van der Waals surface area (Å²) in [6.07, 6.45) is 2.71. The van der Waals surface area contributed by atoms with Gasteiger partial charge in [-0.05, 0) is 43.4 Å². The monoisotopic (exact) mass is 248 g/mol. The zero-order valence-electron chi connectivity index (χ0n) is 11.0. The van der Waals surface area contributed by atoms with Gasteiger partial charge in [-0.3, -0.25) is 4.79 Å². The molecule has 0 aliphatic heterocycles. The Balaban J connectivity index is 2.35. The van der Waals surface area contributed by atoms with E-state index in [1.807, 2.05) is 38.1 Å². The molecule has 98 valence electrons. The first kappa shape index (κ1) is 12.9. The molecule has 2 rings (SSSR count). The molecular formula is C15H20O3. The van der Waals surface area contributed by atoms with E-state index in [4.69, 9.17) is 4.74 Å². The van der Waals surface area contributed by atoms with Crippen LogP contribution in [0, 0.1) is 5.92 Å². The molecule has 1 N–H and O–H groups in total. The van der Waals surface area contributed by atoms with Gasteiger partial charge in [-0.25, -0.2) is 0 Å². The fourth-order valence-corrected chi connectivity index (χ4v) is 3.07. The highest BCUT2D eigenvalue weighted by Crippen LogP contribution is 2.46. The lowest BCUT2D eigenvalue weighted by molar-refractivity contribution is -0.145. The Hall–Kier alpha value is -1.51. The van der Waals surface area contributed by atoms with Crippen molar-refractivity contribution in [2.75, 3.05) is 6.61 Å². The van der Waals surface area contributed by atoms with Crippen molar-refractivity contribution in [2.24, 2.45) is 5.92 Å². The Bertz CT molecular complexity index is 424. The summed E-state index contributed by atoms with van der Waals surface area (Å²) in [5, 5.41) is 9.63. The first-order valence-corrected chi connectivity index (χ1v) is 6.58. The number of rotatable bonds is 4. The highest BCUT2D eigenvalue weighted by atomic mass is 16.5. The molecule has 0 spiro atoms. The SMILES string of the molecule is CCOc1ccc(C2(C(=O)O)CCCC2C)cc1. The third-order valence-electron chi connectivity index (χ3n) is 4.11. The van der Waals surface area contributed by atoms with Crippen LogP contribution in [0.3, 0.4) is 0 Å². The quantitative estimate of drug-likeness (QED) is 0.889. The van der Waals surface area contributed by atoms with Crippen molar-refractivity contribution in [3.63, 3.8) is 0 Å². The smallest absolute Gasteiger partial charge is 0.314 e. The maximum absolute atomic E-state index is 11.7. The minimum absolute atomic E-state index is 0.188. The van der Waals surface area contributed by atoms with Gasteiger partial charge in [0, 0.05) is 0 Å². The lowest BCUT2D eigenvalue weighted by Crippen LogP contribution is -2.38. The third-order valence-corrected chi connectivity index (χ3v) is 4.11. The second-order valence-corrected chi connectivity index (χ2v) is 5.03. The van der Waals surface area contributed by atoms with Crippen molar-refractivity contribution in [3.05, 3.63) is 29.8 Å². The number of ether oxygens (including phenoxy) is 1. The topological polar surface area (TPSA) is 46.5 Å². The number of carboxylic acid groups (broad SMARTS) is 1. The molecule has 0 saturated heterocycles. The lowest BCUT2D eigenvalue weighted by atomic mass is 9.73. The summed E-state index contributed by atoms with van der Waals surface area (Å²) in [5.74, 6) is 0.289. The van der Waals surface area contributed by atoms with Crippen LogP contribution in [0.1, 0.15) is 38.7 Å². The summed E-state index contributed by atoms with van der Waals surface area (Å²) in [6, 6.07) is 7.55. The molecule has 0 heterocycles. The number of carbonyl (C=O) groups is 1. The van der Waals surface area contributed by atoms with Crippen LogP contribution in [0.2, 0.25) is 0 Å². The Morgan fingerprint density at radius 2 is 2.11 bits per heavy atom. The molecule has 1 fully saturated rings. The normalized spacial score (nSPS) is 27.1. The van der Waals surface area contributed by atoms with Crippen LogP contribution in [-0.4, -0.2) is 17.7 Å². The summed E-state index contributed by atoms with van der Waals surface area (Å²) in [6.45, 7) is 4.60. The Morgan fingerprint density at radius 1 is 1.44 bits per heavy atom.